The first kappa shape index (κ1) is 12.0. The molecule has 0 radical (unpaired) electrons. The van der Waals surface area contributed by atoms with Crippen molar-refractivity contribution in [2.24, 2.45) is 0 Å². The van der Waals surface area contributed by atoms with Gasteiger partial charge in [0.25, 0.3) is 0 Å². The van der Waals surface area contributed by atoms with Gasteiger partial charge in [-0.15, -0.1) is 0 Å². The zero-order valence-electron chi connectivity index (χ0n) is 9.57. The molecular weight excluding hydrogens is 178 g/mol. The zero-order chi connectivity index (χ0) is 10.6. The smallest absolute Gasteiger partial charge is 0.0670 e. The Balaban J connectivity index is 2.35. The maximum Gasteiger partial charge on any atom is 0.0670 e. The molecule has 1 rings (SSSR count). The number of nitrogens with zero attached hydrogens (tertiary/aromatic N) is 1. The molecule has 3 unspecified atom stereocenters. The maximum atomic E-state index is 9.36. The highest BCUT2D eigenvalue weighted by atomic mass is 16.5. The van der Waals surface area contributed by atoms with Gasteiger partial charge >= 0.3 is 0 Å². The first-order valence-corrected chi connectivity index (χ1v) is 5.58. The van der Waals surface area contributed by atoms with Gasteiger partial charge in [0.15, 0.2) is 0 Å². The van der Waals surface area contributed by atoms with Gasteiger partial charge in [-0.3, -0.25) is 4.90 Å². The number of methoxy groups -OCH3 is 1. The molecule has 1 N–H and O–H groups in total. The second-order valence-corrected chi connectivity index (χ2v) is 4.42. The van der Waals surface area contributed by atoms with Crippen LogP contribution >= 0.6 is 0 Å². The van der Waals surface area contributed by atoms with Crippen LogP contribution in [0.2, 0.25) is 0 Å². The van der Waals surface area contributed by atoms with Crippen LogP contribution in [-0.4, -0.2) is 48.5 Å². The lowest BCUT2D eigenvalue weighted by Gasteiger charge is -2.27. The number of ether oxygens (including phenoxy) is 1. The summed E-state index contributed by atoms with van der Waals surface area (Å²) in [6, 6.07) is 0.563. The summed E-state index contributed by atoms with van der Waals surface area (Å²) in [7, 11) is 1.75. The Bertz CT molecular complexity index is 161. The molecular formula is C11H23NO2. The fourth-order valence-electron chi connectivity index (χ4n) is 2.20. The molecule has 0 amide bonds. The van der Waals surface area contributed by atoms with E-state index in [-0.39, 0.29) is 6.10 Å². The van der Waals surface area contributed by atoms with E-state index in [2.05, 4.69) is 11.8 Å². The Hall–Kier alpha value is -0.120. The SMILES string of the molecule is COC(C)CN1CCCC1CC(C)O. The molecule has 3 atom stereocenters. The number of hydrogen-bond donors (Lipinski definition) is 1. The molecule has 0 aliphatic carbocycles. The number of rotatable bonds is 5. The topological polar surface area (TPSA) is 32.7 Å². The Morgan fingerprint density at radius 2 is 2.21 bits per heavy atom. The Kier molecular flexibility index (Phi) is 4.85. The van der Waals surface area contributed by atoms with Crippen molar-refractivity contribution in [1.29, 1.82) is 0 Å². The number of hydrogen-bond acceptors (Lipinski definition) is 3. The van der Waals surface area contributed by atoms with Crippen molar-refractivity contribution in [2.75, 3.05) is 20.2 Å². The van der Waals surface area contributed by atoms with Crippen molar-refractivity contribution in [1.82, 2.24) is 4.90 Å². The van der Waals surface area contributed by atoms with E-state index in [0.29, 0.717) is 12.1 Å². The Labute approximate surface area is 87.1 Å². The molecule has 1 aliphatic heterocycles. The Morgan fingerprint density at radius 3 is 2.79 bits per heavy atom. The highest BCUT2D eigenvalue weighted by Gasteiger charge is 2.26. The summed E-state index contributed by atoms with van der Waals surface area (Å²) in [6.45, 7) is 6.12. The van der Waals surface area contributed by atoms with Crippen LogP contribution in [0.3, 0.4) is 0 Å². The van der Waals surface area contributed by atoms with E-state index in [0.717, 1.165) is 19.5 Å². The second kappa shape index (κ2) is 5.69. The van der Waals surface area contributed by atoms with Gasteiger partial charge in [0, 0.05) is 19.7 Å². The summed E-state index contributed by atoms with van der Waals surface area (Å²) in [5.74, 6) is 0. The summed E-state index contributed by atoms with van der Waals surface area (Å²) in [5, 5.41) is 9.36. The van der Waals surface area contributed by atoms with Gasteiger partial charge in [-0.25, -0.2) is 0 Å². The van der Waals surface area contributed by atoms with E-state index in [1.807, 2.05) is 6.92 Å². The van der Waals surface area contributed by atoms with Gasteiger partial charge < -0.3 is 9.84 Å². The first-order valence-electron chi connectivity index (χ1n) is 5.58. The van der Waals surface area contributed by atoms with E-state index in [1.165, 1.54) is 12.8 Å². The molecule has 3 heteroatoms. The average Bonchev–Trinajstić information content (AvgIpc) is 2.52. The molecule has 1 heterocycles. The number of likely N-dealkylation sites (tertiary alicyclic amines) is 1. The molecule has 3 nitrogen and oxygen atoms in total. The molecule has 0 bridgehead atoms. The fourth-order valence-corrected chi connectivity index (χ4v) is 2.20. The van der Waals surface area contributed by atoms with Crippen molar-refractivity contribution < 1.29 is 9.84 Å². The van der Waals surface area contributed by atoms with Gasteiger partial charge in [0.2, 0.25) is 0 Å². The highest BCUT2D eigenvalue weighted by molar-refractivity contribution is 4.81. The quantitative estimate of drug-likeness (QED) is 0.727. The maximum absolute atomic E-state index is 9.36. The lowest BCUT2D eigenvalue weighted by Crippen LogP contribution is -2.37. The van der Waals surface area contributed by atoms with Crippen molar-refractivity contribution in [3.8, 4) is 0 Å². The molecule has 14 heavy (non-hydrogen) atoms. The Morgan fingerprint density at radius 1 is 1.50 bits per heavy atom. The van der Waals surface area contributed by atoms with Crippen LogP contribution in [0.5, 0.6) is 0 Å². The lowest BCUT2D eigenvalue weighted by molar-refractivity contribution is 0.0607. The molecule has 1 aliphatic rings. The number of aliphatic hydroxyl groups is 1. The van der Waals surface area contributed by atoms with Gasteiger partial charge in [-0.2, -0.15) is 0 Å². The van der Waals surface area contributed by atoms with E-state index in [1.54, 1.807) is 7.11 Å². The van der Waals surface area contributed by atoms with Gasteiger partial charge in [0.05, 0.1) is 12.2 Å². The highest BCUT2D eigenvalue weighted by Crippen LogP contribution is 2.21. The van der Waals surface area contributed by atoms with Crippen molar-refractivity contribution in [3.63, 3.8) is 0 Å². The summed E-state index contributed by atoms with van der Waals surface area (Å²) in [4.78, 5) is 2.45. The van der Waals surface area contributed by atoms with E-state index < -0.39 is 0 Å². The molecule has 1 saturated heterocycles. The standard InChI is InChI=1S/C11H23NO2/c1-9(13)7-11-5-4-6-12(11)8-10(2)14-3/h9-11,13H,4-8H2,1-3H3. The van der Waals surface area contributed by atoms with Crippen LogP contribution < -0.4 is 0 Å². The lowest BCUT2D eigenvalue weighted by atomic mass is 10.1. The molecule has 0 aromatic heterocycles. The van der Waals surface area contributed by atoms with Crippen molar-refractivity contribution in [2.45, 2.75) is 51.4 Å². The third-order valence-corrected chi connectivity index (χ3v) is 3.01. The normalized spacial score (nSPS) is 27.9. The molecule has 0 spiro atoms. The molecule has 0 saturated carbocycles. The van der Waals surface area contributed by atoms with Crippen LogP contribution in [0.15, 0.2) is 0 Å². The first-order chi connectivity index (χ1) is 6.63. The minimum Gasteiger partial charge on any atom is -0.393 e. The molecule has 1 fully saturated rings. The zero-order valence-corrected chi connectivity index (χ0v) is 9.57. The summed E-state index contributed by atoms with van der Waals surface area (Å²) in [5.41, 5.74) is 0. The minimum absolute atomic E-state index is 0.182. The van der Waals surface area contributed by atoms with Crippen molar-refractivity contribution >= 4 is 0 Å². The number of aliphatic hydroxyl groups excluding tert-OH is 1. The minimum atomic E-state index is -0.182. The fraction of sp³-hybridized carbons (Fsp3) is 1.00. The van der Waals surface area contributed by atoms with Crippen LogP contribution in [-0.2, 0) is 4.74 Å². The van der Waals surface area contributed by atoms with E-state index in [9.17, 15) is 5.11 Å². The van der Waals surface area contributed by atoms with Crippen LogP contribution in [0.1, 0.15) is 33.1 Å². The van der Waals surface area contributed by atoms with Gasteiger partial charge in [-0.05, 0) is 39.7 Å². The monoisotopic (exact) mass is 201 g/mol. The van der Waals surface area contributed by atoms with Crippen LogP contribution in [0, 0.1) is 0 Å². The summed E-state index contributed by atoms with van der Waals surface area (Å²) in [6.07, 6.45) is 3.49. The predicted octanol–water partition coefficient (Wildman–Crippen LogP) is 1.26. The second-order valence-electron chi connectivity index (χ2n) is 4.42. The van der Waals surface area contributed by atoms with Gasteiger partial charge in [0.1, 0.15) is 0 Å². The van der Waals surface area contributed by atoms with Crippen molar-refractivity contribution in [3.05, 3.63) is 0 Å². The average molecular weight is 201 g/mol. The van der Waals surface area contributed by atoms with Crippen LogP contribution in [0.25, 0.3) is 0 Å². The third kappa shape index (κ3) is 3.56. The predicted molar refractivity (Wildman–Crippen MR) is 57.4 cm³/mol. The third-order valence-electron chi connectivity index (χ3n) is 3.01. The van der Waals surface area contributed by atoms with Crippen LogP contribution in [0.4, 0.5) is 0 Å². The molecule has 0 aromatic rings. The van der Waals surface area contributed by atoms with E-state index in [4.69, 9.17) is 4.74 Å². The van der Waals surface area contributed by atoms with E-state index >= 15 is 0 Å². The molecule has 0 aromatic carbocycles. The summed E-state index contributed by atoms with van der Waals surface area (Å²) >= 11 is 0. The van der Waals surface area contributed by atoms with Gasteiger partial charge in [-0.1, -0.05) is 0 Å². The summed E-state index contributed by atoms with van der Waals surface area (Å²) < 4.78 is 5.26. The molecule has 84 valence electrons. The largest absolute Gasteiger partial charge is 0.393 e.